The van der Waals surface area contributed by atoms with Gasteiger partial charge in [0.05, 0.1) is 16.9 Å². The highest BCUT2D eigenvalue weighted by molar-refractivity contribution is 8.00. The van der Waals surface area contributed by atoms with Gasteiger partial charge in [0.1, 0.15) is 11.2 Å². The zero-order valence-corrected chi connectivity index (χ0v) is 31.4. The molecule has 0 amide bonds. The Morgan fingerprint density at radius 3 is 1.71 bits per heavy atom. The molecule has 9 aromatic rings. The van der Waals surface area contributed by atoms with Crippen molar-refractivity contribution in [3.8, 4) is 11.1 Å². The van der Waals surface area contributed by atoms with Gasteiger partial charge in [-0.1, -0.05) is 132 Å². The van der Waals surface area contributed by atoms with Gasteiger partial charge in [-0.2, -0.15) is 13.2 Å². The van der Waals surface area contributed by atoms with E-state index in [0.29, 0.717) is 0 Å². The lowest BCUT2D eigenvalue weighted by atomic mass is 9.29. The number of fused-ring (bicyclic) bond motifs is 13. The topological polar surface area (TPSA) is 19.6 Å². The van der Waals surface area contributed by atoms with E-state index in [4.69, 9.17) is 4.42 Å². The van der Waals surface area contributed by atoms with Gasteiger partial charge in [0.15, 0.2) is 0 Å². The van der Waals surface area contributed by atoms with Crippen LogP contribution in [0, 0.1) is 0 Å². The maximum absolute atomic E-state index is 15.4. The van der Waals surface area contributed by atoms with E-state index in [1.165, 1.54) is 28.5 Å². The highest BCUT2D eigenvalue weighted by Crippen LogP contribution is 2.55. The summed E-state index contributed by atoms with van der Waals surface area (Å²) >= 11 is 1.73. The van der Waals surface area contributed by atoms with Crippen molar-refractivity contribution in [2.24, 2.45) is 0 Å². The molecule has 0 fully saturated rings. The highest BCUT2D eigenvalue weighted by atomic mass is 32.2. The number of para-hydroxylation sites is 5. The van der Waals surface area contributed by atoms with Crippen molar-refractivity contribution < 1.29 is 17.6 Å². The standard InChI is InChI=1S/C49H27B2F3N2OS/c52-49(53,54)30-16-2-7-21-35(30)55-36-22-8-3-17-31(36)50-32-18-4-9-23-37(32)56-38-24-10-5-19-33(38)51-34-20-6-12-27-41(34)58-48-43(46(55)44(50)47(56)45(48)51)29-15-13-26-40-42(29)28-14-1-11-25-39(28)57-40/h1-27H. The summed E-state index contributed by atoms with van der Waals surface area (Å²) < 4.78 is 52.8. The molecule has 0 radical (unpaired) electrons. The molecule has 4 aliphatic heterocycles. The molecular formula is C49H27B2F3N2OS. The van der Waals surface area contributed by atoms with Gasteiger partial charge in [0.25, 0.3) is 6.71 Å². The van der Waals surface area contributed by atoms with Crippen LogP contribution in [-0.4, -0.2) is 13.4 Å². The predicted octanol–water partition coefficient (Wildman–Crippen LogP) is 9.65. The molecule has 3 nitrogen and oxygen atoms in total. The van der Waals surface area contributed by atoms with Gasteiger partial charge in [-0.15, -0.1) is 0 Å². The van der Waals surface area contributed by atoms with Gasteiger partial charge in [0.2, 0.25) is 6.71 Å². The van der Waals surface area contributed by atoms with E-state index >= 15 is 13.2 Å². The van der Waals surface area contributed by atoms with Crippen LogP contribution in [0.5, 0.6) is 0 Å². The van der Waals surface area contributed by atoms with Crippen LogP contribution >= 0.6 is 11.8 Å². The molecule has 1 aromatic heterocycles. The van der Waals surface area contributed by atoms with E-state index < -0.39 is 11.7 Å². The fraction of sp³-hybridized carbons (Fsp3) is 0.0204. The monoisotopic (exact) mass is 770 g/mol. The van der Waals surface area contributed by atoms with Crippen LogP contribution in [0.3, 0.4) is 0 Å². The first-order valence-electron chi connectivity index (χ1n) is 19.4. The minimum Gasteiger partial charge on any atom is -0.456 e. The molecule has 8 aromatic carbocycles. The number of rotatable bonds is 2. The molecule has 0 aliphatic carbocycles. The molecule has 272 valence electrons. The molecule has 4 aliphatic rings. The SMILES string of the molecule is FC(F)(F)c1ccccc1N1c2ccccc2B2c3ccccc3N3c4ccccc4B4c5ccccc5Sc5c4c3c2c1c5-c1cccc2oc3ccccc3c12. The number of anilines is 6. The van der Waals surface area contributed by atoms with Crippen LogP contribution in [0.25, 0.3) is 33.1 Å². The zero-order chi connectivity index (χ0) is 38.4. The number of alkyl halides is 3. The van der Waals surface area contributed by atoms with Crippen molar-refractivity contribution in [3.05, 3.63) is 169 Å². The second kappa shape index (κ2) is 11.5. The summed E-state index contributed by atoms with van der Waals surface area (Å²) in [6, 6.07) is 54.2. The molecule has 0 bridgehead atoms. The Hall–Kier alpha value is -6.57. The first-order chi connectivity index (χ1) is 28.5. The third-order valence-electron chi connectivity index (χ3n) is 12.5. The summed E-state index contributed by atoms with van der Waals surface area (Å²) in [6.07, 6.45) is -4.61. The van der Waals surface area contributed by atoms with Crippen molar-refractivity contribution in [2.75, 3.05) is 9.80 Å². The van der Waals surface area contributed by atoms with Gasteiger partial charge in [-0.05, 0) is 81.4 Å². The second-order valence-electron chi connectivity index (χ2n) is 15.4. The molecular weight excluding hydrogens is 743 g/mol. The zero-order valence-electron chi connectivity index (χ0n) is 30.6. The normalized spacial score (nSPS) is 14.3. The van der Waals surface area contributed by atoms with E-state index in [1.54, 1.807) is 23.9 Å². The maximum Gasteiger partial charge on any atom is 0.418 e. The van der Waals surface area contributed by atoms with E-state index in [0.717, 1.165) is 87.7 Å². The summed E-state index contributed by atoms with van der Waals surface area (Å²) in [6.45, 7) is -0.376. The summed E-state index contributed by atoms with van der Waals surface area (Å²) in [5.41, 5.74) is 14.1. The summed E-state index contributed by atoms with van der Waals surface area (Å²) in [5.74, 6) is 0. The number of hydrogen-bond acceptors (Lipinski definition) is 4. The second-order valence-corrected chi connectivity index (χ2v) is 16.4. The Morgan fingerprint density at radius 2 is 1.02 bits per heavy atom. The Morgan fingerprint density at radius 1 is 0.483 bits per heavy atom. The fourth-order valence-corrected chi connectivity index (χ4v) is 11.7. The van der Waals surface area contributed by atoms with Crippen molar-refractivity contribution in [1.82, 2.24) is 0 Å². The van der Waals surface area contributed by atoms with Crippen LogP contribution in [0.15, 0.2) is 178 Å². The molecule has 9 heteroatoms. The Labute approximate surface area is 336 Å². The minimum atomic E-state index is -4.61. The Balaban J connectivity index is 1.30. The molecule has 5 heterocycles. The molecule has 0 spiro atoms. The first kappa shape index (κ1) is 32.5. The minimum absolute atomic E-state index is 0.0918. The third kappa shape index (κ3) is 4.14. The van der Waals surface area contributed by atoms with Gasteiger partial charge < -0.3 is 14.2 Å². The molecule has 0 saturated heterocycles. The molecule has 0 unspecified atom stereocenters. The smallest absolute Gasteiger partial charge is 0.418 e. The van der Waals surface area contributed by atoms with E-state index in [2.05, 4.69) is 95.9 Å². The van der Waals surface area contributed by atoms with Crippen LogP contribution in [0.4, 0.5) is 47.3 Å². The van der Waals surface area contributed by atoms with E-state index in [9.17, 15) is 0 Å². The van der Waals surface area contributed by atoms with Crippen molar-refractivity contribution in [1.29, 1.82) is 0 Å². The van der Waals surface area contributed by atoms with E-state index in [1.807, 2.05) is 53.4 Å². The molecule has 0 N–H and O–H groups in total. The fourth-order valence-electron chi connectivity index (χ4n) is 10.4. The first-order valence-corrected chi connectivity index (χ1v) is 20.2. The number of halogens is 3. The molecule has 0 saturated carbocycles. The Bertz CT molecular complexity index is 3260. The lowest BCUT2D eigenvalue weighted by molar-refractivity contribution is -0.137. The summed E-state index contributed by atoms with van der Waals surface area (Å²) in [5, 5.41) is 1.90. The number of hydrogen-bond donors (Lipinski definition) is 0. The van der Waals surface area contributed by atoms with Crippen molar-refractivity contribution in [2.45, 2.75) is 16.0 Å². The van der Waals surface area contributed by atoms with Gasteiger partial charge >= 0.3 is 6.18 Å². The van der Waals surface area contributed by atoms with Crippen LogP contribution in [0.2, 0.25) is 0 Å². The van der Waals surface area contributed by atoms with Crippen LogP contribution in [-0.2, 0) is 6.18 Å². The summed E-state index contributed by atoms with van der Waals surface area (Å²) in [7, 11) is 0. The quantitative estimate of drug-likeness (QED) is 0.163. The number of furan rings is 1. The lowest BCUT2D eigenvalue weighted by Gasteiger charge is -2.50. The molecule has 13 rings (SSSR count). The number of nitrogens with zero attached hydrogens (tertiary/aromatic N) is 2. The highest BCUT2D eigenvalue weighted by Gasteiger charge is 2.52. The summed E-state index contributed by atoms with van der Waals surface area (Å²) in [4.78, 5) is 6.51. The van der Waals surface area contributed by atoms with Gasteiger partial charge in [-0.3, -0.25) is 0 Å². The third-order valence-corrected chi connectivity index (χ3v) is 13.7. The van der Waals surface area contributed by atoms with Crippen LogP contribution < -0.4 is 42.6 Å². The Kier molecular flexibility index (Phi) is 6.46. The largest absolute Gasteiger partial charge is 0.456 e. The average Bonchev–Trinajstić information content (AvgIpc) is 3.65. The average molecular weight is 770 g/mol. The van der Waals surface area contributed by atoms with Crippen molar-refractivity contribution >= 4 is 114 Å². The number of benzene rings is 8. The lowest BCUT2D eigenvalue weighted by Crippen LogP contribution is -2.68. The van der Waals surface area contributed by atoms with Crippen molar-refractivity contribution in [3.63, 3.8) is 0 Å². The van der Waals surface area contributed by atoms with Gasteiger partial charge in [0, 0.05) is 48.9 Å². The van der Waals surface area contributed by atoms with Crippen LogP contribution in [0.1, 0.15) is 5.56 Å². The predicted molar refractivity (Wildman–Crippen MR) is 233 cm³/mol. The molecule has 0 atom stereocenters. The maximum atomic E-state index is 15.4. The van der Waals surface area contributed by atoms with Gasteiger partial charge in [-0.25, -0.2) is 0 Å². The molecule has 58 heavy (non-hydrogen) atoms. The van der Waals surface area contributed by atoms with E-state index in [-0.39, 0.29) is 19.1 Å².